The van der Waals surface area contributed by atoms with Crippen LogP contribution in [0, 0.1) is 0 Å². The zero-order valence-corrected chi connectivity index (χ0v) is 5.46. The fourth-order valence-corrected chi connectivity index (χ4v) is 0.528. The summed E-state index contributed by atoms with van der Waals surface area (Å²) in [5.41, 5.74) is -0.324. The van der Waals surface area contributed by atoms with Crippen LogP contribution in [-0.2, 0) is 5.60 Å². The Morgan fingerprint density at radius 1 is 1.67 bits per heavy atom. The van der Waals surface area contributed by atoms with E-state index in [-0.39, 0.29) is 0 Å². The first-order valence-electron chi connectivity index (χ1n) is 2.74. The molecule has 0 aromatic carbocycles. The molecular weight excluding hydrogens is 118 g/mol. The second-order valence-corrected chi connectivity index (χ2v) is 2.44. The van der Waals surface area contributed by atoms with E-state index in [4.69, 9.17) is 0 Å². The van der Waals surface area contributed by atoms with Gasteiger partial charge in [0.25, 0.3) is 0 Å². The van der Waals surface area contributed by atoms with Crippen molar-refractivity contribution in [2.75, 3.05) is 0 Å². The summed E-state index contributed by atoms with van der Waals surface area (Å²) in [7, 11) is 0. The van der Waals surface area contributed by atoms with Gasteiger partial charge in [-0.1, -0.05) is 5.16 Å². The van der Waals surface area contributed by atoms with Gasteiger partial charge in [-0.2, -0.15) is 0 Å². The molecule has 0 amide bonds. The van der Waals surface area contributed by atoms with Crippen molar-refractivity contribution in [3.63, 3.8) is 0 Å². The lowest BCUT2D eigenvalue weighted by atomic mass is 10.1. The molecule has 50 valence electrons. The van der Waals surface area contributed by atoms with Gasteiger partial charge in [0.05, 0.1) is 0 Å². The molecule has 0 radical (unpaired) electrons. The number of nitrogens with zero attached hydrogens (tertiary/aromatic N) is 1. The Morgan fingerprint density at radius 2 is 2.33 bits per heavy atom. The predicted molar refractivity (Wildman–Crippen MR) is 31.7 cm³/mol. The van der Waals surface area contributed by atoms with E-state index in [1.165, 1.54) is 6.26 Å². The fraction of sp³-hybridized carbons (Fsp3) is 0.500. The van der Waals surface area contributed by atoms with Crippen LogP contribution >= 0.6 is 0 Å². The van der Waals surface area contributed by atoms with Gasteiger partial charge in [0, 0.05) is 6.07 Å². The monoisotopic (exact) mass is 127 g/mol. The van der Waals surface area contributed by atoms with Gasteiger partial charge in [-0.3, -0.25) is 0 Å². The summed E-state index contributed by atoms with van der Waals surface area (Å²) in [4.78, 5) is 0. The van der Waals surface area contributed by atoms with E-state index in [1.807, 2.05) is 0 Å². The zero-order chi connectivity index (χ0) is 6.91. The Labute approximate surface area is 53.3 Å². The molecule has 0 unspecified atom stereocenters. The highest BCUT2D eigenvalue weighted by atomic mass is 16.5. The van der Waals surface area contributed by atoms with Crippen molar-refractivity contribution in [1.82, 2.24) is 5.16 Å². The summed E-state index contributed by atoms with van der Waals surface area (Å²) in [6.45, 7) is 3.32. The van der Waals surface area contributed by atoms with Gasteiger partial charge < -0.3 is 9.63 Å². The fourth-order valence-electron chi connectivity index (χ4n) is 0.528. The van der Waals surface area contributed by atoms with Crippen molar-refractivity contribution < 1.29 is 9.63 Å². The van der Waals surface area contributed by atoms with Crippen LogP contribution in [0.5, 0.6) is 0 Å². The number of rotatable bonds is 1. The molecule has 3 nitrogen and oxygen atoms in total. The van der Waals surface area contributed by atoms with Gasteiger partial charge in [0.15, 0.2) is 0 Å². The summed E-state index contributed by atoms with van der Waals surface area (Å²) >= 11 is 0. The summed E-state index contributed by atoms with van der Waals surface area (Å²) in [6.07, 6.45) is 1.44. The van der Waals surface area contributed by atoms with Crippen molar-refractivity contribution in [3.05, 3.63) is 18.0 Å². The highest BCUT2D eigenvalue weighted by Gasteiger charge is 2.18. The van der Waals surface area contributed by atoms with E-state index in [9.17, 15) is 5.11 Å². The van der Waals surface area contributed by atoms with Gasteiger partial charge in [0.2, 0.25) is 0 Å². The van der Waals surface area contributed by atoms with Crippen molar-refractivity contribution >= 4 is 0 Å². The average Bonchev–Trinajstić information content (AvgIpc) is 2.08. The molecule has 0 fully saturated rings. The van der Waals surface area contributed by atoms with Crippen LogP contribution in [0.15, 0.2) is 16.9 Å². The molecule has 0 bridgehead atoms. The summed E-state index contributed by atoms with van der Waals surface area (Å²) < 4.78 is 4.53. The lowest BCUT2D eigenvalue weighted by Crippen LogP contribution is -2.15. The van der Waals surface area contributed by atoms with Crippen molar-refractivity contribution in [2.24, 2.45) is 0 Å². The largest absolute Gasteiger partial charge is 0.384 e. The molecule has 1 heterocycles. The number of hydrogen-bond donors (Lipinski definition) is 1. The molecule has 1 aromatic rings. The van der Waals surface area contributed by atoms with Crippen LogP contribution in [0.2, 0.25) is 0 Å². The molecule has 0 saturated heterocycles. The second kappa shape index (κ2) is 1.84. The summed E-state index contributed by atoms with van der Waals surface area (Å²) in [5.74, 6) is 0. The lowest BCUT2D eigenvalue weighted by molar-refractivity contribution is 0.0701. The van der Waals surface area contributed by atoms with Crippen LogP contribution in [0.25, 0.3) is 0 Å². The van der Waals surface area contributed by atoms with Crippen LogP contribution in [0.1, 0.15) is 19.5 Å². The maximum atomic E-state index is 9.26. The van der Waals surface area contributed by atoms with E-state index < -0.39 is 5.60 Å². The van der Waals surface area contributed by atoms with E-state index >= 15 is 0 Å². The van der Waals surface area contributed by atoms with Crippen LogP contribution in [0.3, 0.4) is 0 Å². The number of aromatic nitrogens is 1. The Hall–Kier alpha value is -0.830. The van der Waals surface area contributed by atoms with Gasteiger partial charge in [0.1, 0.15) is 17.6 Å². The Morgan fingerprint density at radius 3 is 2.56 bits per heavy atom. The third-order valence-corrected chi connectivity index (χ3v) is 1.06. The van der Waals surface area contributed by atoms with Crippen LogP contribution in [-0.4, -0.2) is 10.3 Å². The Balaban J connectivity index is 2.90. The highest BCUT2D eigenvalue weighted by Crippen LogP contribution is 2.15. The molecule has 0 saturated carbocycles. The minimum Gasteiger partial charge on any atom is -0.384 e. The molecule has 0 aliphatic heterocycles. The van der Waals surface area contributed by atoms with E-state index in [0.717, 1.165) is 0 Å². The van der Waals surface area contributed by atoms with Crippen molar-refractivity contribution in [1.29, 1.82) is 0 Å². The van der Waals surface area contributed by atoms with Crippen LogP contribution < -0.4 is 0 Å². The summed E-state index contributed by atoms with van der Waals surface area (Å²) in [5, 5.41) is 12.8. The smallest absolute Gasteiger partial charge is 0.124 e. The molecule has 0 aliphatic carbocycles. The van der Waals surface area contributed by atoms with Crippen LogP contribution in [0.4, 0.5) is 0 Å². The quantitative estimate of drug-likeness (QED) is 0.609. The first-order chi connectivity index (χ1) is 4.11. The van der Waals surface area contributed by atoms with Gasteiger partial charge in [-0.05, 0) is 13.8 Å². The normalized spacial score (nSPS) is 11.9. The minimum atomic E-state index is -0.882. The molecule has 1 N–H and O–H groups in total. The van der Waals surface area contributed by atoms with Crippen molar-refractivity contribution in [2.45, 2.75) is 19.4 Å². The third kappa shape index (κ3) is 1.29. The first-order valence-corrected chi connectivity index (χ1v) is 2.74. The Bertz CT molecular complexity index is 173. The average molecular weight is 127 g/mol. The second-order valence-electron chi connectivity index (χ2n) is 2.44. The standard InChI is InChI=1S/C6H9NO2/c1-6(2,8)5-3-4-9-7-5/h3-4,8H,1-2H3. The minimum absolute atomic E-state index is 0.558. The van der Waals surface area contributed by atoms with Gasteiger partial charge in [-0.25, -0.2) is 0 Å². The van der Waals surface area contributed by atoms with E-state index in [0.29, 0.717) is 5.69 Å². The van der Waals surface area contributed by atoms with Gasteiger partial charge in [-0.15, -0.1) is 0 Å². The SMILES string of the molecule is CC(C)(O)c1ccon1. The first kappa shape index (κ1) is 6.29. The molecular formula is C6H9NO2. The van der Waals surface area contributed by atoms with E-state index in [1.54, 1.807) is 19.9 Å². The molecule has 1 aromatic heterocycles. The van der Waals surface area contributed by atoms with E-state index in [2.05, 4.69) is 9.68 Å². The maximum absolute atomic E-state index is 9.26. The summed E-state index contributed by atoms with van der Waals surface area (Å²) in [6, 6.07) is 1.64. The maximum Gasteiger partial charge on any atom is 0.124 e. The lowest BCUT2D eigenvalue weighted by Gasteiger charge is -2.11. The molecule has 0 atom stereocenters. The highest BCUT2D eigenvalue weighted by molar-refractivity contribution is 5.04. The third-order valence-electron chi connectivity index (χ3n) is 1.06. The van der Waals surface area contributed by atoms with Gasteiger partial charge >= 0.3 is 0 Å². The molecule has 3 heteroatoms. The number of aliphatic hydroxyl groups is 1. The zero-order valence-electron chi connectivity index (χ0n) is 5.46. The predicted octanol–water partition coefficient (Wildman–Crippen LogP) is 0.902. The topological polar surface area (TPSA) is 46.3 Å². The molecule has 1 rings (SSSR count). The van der Waals surface area contributed by atoms with Crippen molar-refractivity contribution in [3.8, 4) is 0 Å². The Kier molecular flexibility index (Phi) is 1.29. The molecule has 9 heavy (non-hydrogen) atoms. The number of hydrogen-bond acceptors (Lipinski definition) is 3. The molecule has 0 spiro atoms. The molecule has 0 aliphatic rings.